The lowest BCUT2D eigenvalue weighted by Crippen LogP contribution is -2.43. The molecule has 0 saturated heterocycles. The molecule has 0 radical (unpaired) electrons. The molecule has 0 aliphatic heterocycles. The van der Waals surface area contributed by atoms with Gasteiger partial charge in [0.25, 0.3) is 5.91 Å². The molecule has 0 spiro atoms. The lowest BCUT2D eigenvalue weighted by Gasteiger charge is -2.21. The van der Waals surface area contributed by atoms with E-state index in [1.807, 2.05) is 30.3 Å². The van der Waals surface area contributed by atoms with Crippen molar-refractivity contribution in [3.05, 3.63) is 59.1 Å². The summed E-state index contributed by atoms with van der Waals surface area (Å²) in [6.07, 6.45) is 0. The molecule has 1 amide bonds. The van der Waals surface area contributed by atoms with Crippen LogP contribution in [0.1, 0.15) is 12.5 Å². The van der Waals surface area contributed by atoms with Crippen LogP contribution in [0.2, 0.25) is 5.02 Å². The van der Waals surface area contributed by atoms with Gasteiger partial charge in [0.05, 0.1) is 17.3 Å². The second-order valence-corrected chi connectivity index (χ2v) is 6.10. The number of rotatable bonds is 7. The van der Waals surface area contributed by atoms with E-state index in [9.17, 15) is 9.90 Å². The average Bonchev–Trinajstić information content (AvgIpc) is 2.55. The van der Waals surface area contributed by atoms with Crippen molar-refractivity contribution in [2.24, 2.45) is 0 Å². The Morgan fingerprint density at radius 3 is 2.58 bits per heavy atom. The molecule has 0 unspecified atom stereocenters. The summed E-state index contributed by atoms with van der Waals surface area (Å²) in [6, 6.07) is 15.1. The number of anilines is 2. The van der Waals surface area contributed by atoms with Gasteiger partial charge in [-0.25, -0.2) is 0 Å². The van der Waals surface area contributed by atoms with Crippen molar-refractivity contribution >= 4 is 28.9 Å². The first-order valence-corrected chi connectivity index (χ1v) is 7.90. The zero-order valence-corrected chi connectivity index (χ0v) is 14.4. The molecule has 0 fully saturated rings. The summed E-state index contributed by atoms with van der Waals surface area (Å²) in [5.41, 5.74) is 0.807. The van der Waals surface area contributed by atoms with Crippen molar-refractivity contribution in [3.8, 4) is 0 Å². The maximum atomic E-state index is 12.0. The normalized spacial score (nSPS) is 13.2. The fourth-order valence-electron chi connectivity index (χ4n) is 2.14. The second kappa shape index (κ2) is 8.15. The van der Waals surface area contributed by atoms with E-state index in [1.54, 1.807) is 18.2 Å². The number of amides is 1. The molecule has 0 aromatic heterocycles. The van der Waals surface area contributed by atoms with Gasteiger partial charge in [-0.2, -0.15) is 0 Å². The largest absolute Gasteiger partial charge is 0.381 e. The molecule has 0 aliphatic carbocycles. The van der Waals surface area contributed by atoms with Crippen molar-refractivity contribution in [2.75, 3.05) is 24.4 Å². The quantitative estimate of drug-likeness (QED) is 0.718. The number of ether oxygens (including phenoxy) is 1. The Balaban J connectivity index is 2.00. The standard InChI is InChI=1S/C18H21ClN2O3/c1-18(23,12-24-2)17(22)21-14-8-9-16(15(19)10-14)20-11-13-6-4-3-5-7-13/h3-10,20,23H,11-12H2,1-2H3,(H,21,22)/t18-/m0/s1. The predicted octanol–water partition coefficient (Wildman–Crippen LogP) is 3.29. The van der Waals surface area contributed by atoms with Gasteiger partial charge in [-0.15, -0.1) is 0 Å². The molecular formula is C18H21ClN2O3. The topological polar surface area (TPSA) is 70.6 Å². The lowest BCUT2D eigenvalue weighted by molar-refractivity contribution is -0.137. The van der Waals surface area contributed by atoms with Gasteiger partial charge in [0, 0.05) is 19.3 Å². The number of aliphatic hydroxyl groups is 1. The number of hydrogen-bond acceptors (Lipinski definition) is 4. The first kappa shape index (κ1) is 18.3. The minimum absolute atomic E-state index is 0.0940. The maximum Gasteiger partial charge on any atom is 0.258 e. The van der Waals surface area contributed by atoms with E-state index in [4.69, 9.17) is 16.3 Å². The Morgan fingerprint density at radius 2 is 1.96 bits per heavy atom. The molecule has 0 saturated carbocycles. The highest BCUT2D eigenvalue weighted by Gasteiger charge is 2.30. The molecule has 24 heavy (non-hydrogen) atoms. The van der Waals surface area contributed by atoms with Gasteiger partial charge in [0.2, 0.25) is 0 Å². The Bertz CT molecular complexity index is 690. The van der Waals surface area contributed by atoms with Crippen molar-refractivity contribution in [1.29, 1.82) is 0 Å². The number of halogens is 1. The third-order valence-corrected chi connectivity index (χ3v) is 3.78. The number of carbonyl (C=O) groups is 1. The van der Waals surface area contributed by atoms with E-state index >= 15 is 0 Å². The van der Waals surface area contributed by atoms with Gasteiger partial charge in [-0.05, 0) is 30.7 Å². The molecule has 0 heterocycles. The number of benzene rings is 2. The summed E-state index contributed by atoms with van der Waals surface area (Å²) < 4.78 is 4.84. The van der Waals surface area contributed by atoms with Crippen LogP contribution in [0, 0.1) is 0 Å². The van der Waals surface area contributed by atoms with Gasteiger partial charge >= 0.3 is 0 Å². The zero-order valence-electron chi connectivity index (χ0n) is 13.7. The highest BCUT2D eigenvalue weighted by Crippen LogP contribution is 2.26. The van der Waals surface area contributed by atoms with Crippen molar-refractivity contribution in [3.63, 3.8) is 0 Å². The molecular weight excluding hydrogens is 328 g/mol. The molecule has 0 aliphatic rings. The molecule has 0 bridgehead atoms. The fraction of sp³-hybridized carbons (Fsp3) is 0.278. The molecule has 2 aromatic carbocycles. The van der Waals surface area contributed by atoms with E-state index in [2.05, 4.69) is 10.6 Å². The van der Waals surface area contributed by atoms with Gasteiger partial charge in [0.15, 0.2) is 5.60 Å². The Labute approximate surface area is 146 Å². The molecule has 2 rings (SSSR count). The molecule has 2 aromatic rings. The predicted molar refractivity (Wildman–Crippen MR) is 96.4 cm³/mol. The summed E-state index contributed by atoms with van der Waals surface area (Å²) in [6.45, 7) is 1.95. The Morgan fingerprint density at radius 1 is 1.25 bits per heavy atom. The van der Waals surface area contributed by atoms with E-state index in [-0.39, 0.29) is 6.61 Å². The summed E-state index contributed by atoms with van der Waals surface area (Å²) >= 11 is 6.25. The van der Waals surface area contributed by atoms with Crippen molar-refractivity contribution < 1.29 is 14.6 Å². The minimum Gasteiger partial charge on any atom is -0.381 e. The minimum atomic E-state index is -1.61. The molecule has 6 heteroatoms. The Kier molecular flexibility index (Phi) is 6.20. The van der Waals surface area contributed by atoms with Gasteiger partial charge in [-0.1, -0.05) is 41.9 Å². The van der Waals surface area contributed by atoms with Crippen LogP contribution in [0.15, 0.2) is 48.5 Å². The first-order chi connectivity index (χ1) is 11.4. The van der Waals surface area contributed by atoms with E-state index in [0.29, 0.717) is 17.3 Å². The van der Waals surface area contributed by atoms with Gasteiger partial charge < -0.3 is 20.5 Å². The number of methoxy groups -OCH3 is 1. The van der Waals surface area contributed by atoms with E-state index < -0.39 is 11.5 Å². The van der Waals surface area contributed by atoms with Crippen molar-refractivity contribution in [1.82, 2.24) is 0 Å². The lowest BCUT2D eigenvalue weighted by atomic mass is 10.1. The fourth-order valence-corrected chi connectivity index (χ4v) is 2.39. The highest BCUT2D eigenvalue weighted by atomic mass is 35.5. The van der Waals surface area contributed by atoms with E-state index in [0.717, 1.165) is 11.3 Å². The van der Waals surface area contributed by atoms with E-state index in [1.165, 1.54) is 14.0 Å². The molecule has 1 atom stereocenters. The van der Waals surface area contributed by atoms with Crippen LogP contribution in [0.4, 0.5) is 11.4 Å². The highest BCUT2D eigenvalue weighted by molar-refractivity contribution is 6.33. The van der Waals surface area contributed by atoms with Crippen LogP contribution in [-0.4, -0.2) is 30.3 Å². The number of nitrogens with one attached hydrogen (secondary N) is 2. The SMILES string of the molecule is COC[C@](C)(O)C(=O)Nc1ccc(NCc2ccccc2)c(Cl)c1. The third kappa shape index (κ3) is 4.96. The third-order valence-electron chi connectivity index (χ3n) is 3.47. The Hall–Kier alpha value is -2.08. The summed E-state index contributed by atoms with van der Waals surface area (Å²) in [5, 5.41) is 16.4. The van der Waals surface area contributed by atoms with Gasteiger partial charge in [0.1, 0.15) is 0 Å². The summed E-state index contributed by atoms with van der Waals surface area (Å²) in [5.74, 6) is -0.551. The maximum absolute atomic E-state index is 12.0. The smallest absolute Gasteiger partial charge is 0.258 e. The van der Waals surface area contributed by atoms with Crippen LogP contribution >= 0.6 is 11.6 Å². The van der Waals surface area contributed by atoms with Crippen LogP contribution in [0.25, 0.3) is 0 Å². The van der Waals surface area contributed by atoms with Crippen LogP contribution in [0.3, 0.4) is 0 Å². The average molecular weight is 349 g/mol. The molecule has 128 valence electrons. The summed E-state index contributed by atoms with van der Waals surface area (Å²) in [4.78, 5) is 12.0. The monoisotopic (exact) mass is 348 g/mol. The summed E-state index contributed by atoms with van der Waals surface area (Å²) in [7, 11) is 1.42. The van der Waals surface area contributed by atoms with Crippen LogP contribution in [0.5, 0.6) is 0 Å². The number of hydrogen-bond donors (Lipinski definition) is 3. The molecule has 3 N–H and O–H groups in total. The van der Waals surface area contributed by atoms with Gasteiger partial charge in [-0.3, -0.25) is 4.79 Å². The van der Waals surface area contributed by atoms with Crippen LogP contribution < -0.4 is 10.6 Å². The zero-order chi connectivity index (χ0) is 17.6. The van der Waals surface area contributed by atoms with Crippen LogP contribution in [-0.2, 0) is 16.1 Å². The molecule has 5 nitrogen and oxygen atoms in total. The second-order valence-electron chi connectivity index (χ2n) is 5.69. The number of carbonyl (C=O) groups excluding carboxylic acids is 1. The first-order valence-electron chi connectivity index (χ1n) is 7.52. The van der Waals surface area contributed by atoms with Crippen molar-refractivity contribution in [2.45, 2.75) is 19.1 Å².